The number of carbonyl (C=O) groups excluding carboxylic acids is 1. The lowest BCUT2D eigenvalue weighted by Crippen LogP contribution is -2.47. The van der Waals surface area contributed by atoms with E-state index in [4.69, 9.17) is 16.9 Å². The lowest BCUT2D eigenvalue weighted by Gasteiger charge is -2.38. The zero-order valence-corrected chi connectivity index (χ0v) is 15.7. The smallest absolute Gasteiger partial charge is 0.402 e. The molecule has 1 atom stereocenters. The summed E-state index contributed by atoms with van der Waals surface area (Å²) in [5, 5.41) is 8.26. The summed E-state index contributed by atoms with van der Waals surface area (Å²) in [5.74, 6) is -2.50. The number of alkyl halides is 3. The summed E-state index contributed by atoms with van der Waals surface area (Å²) in [5.41, 5.74) is 9.86. The lowest BCUT2D eigenvalue weighted by molar-refractivity contribution is -0.143. The first-order chi connectivity index (χ1) is 13.0. The van der Waals surface area contributed by atoms with Crippen molar-refractivity contribution in [3.8, 4) is 0 Å². The van der Waals surface area contributed by atoms with Crippen LogP contribution in [0.2, 0.25) is 0 Å². The number of anilines is 1. The molecule has 0 saturated carbocycles. The van der Waals surface area contributed by atoms with Crippen LogP contribution in [-0.4, -0.2) is 34.1 Å². The molecule has 0 spiro atoms. The Balaban J connectivity index is 2.44. The molecule has 0 bridgehead atoms. The SMILES string of the molecule is CCCC(=N)C1=C(N)CCN(C(=O)c2cnc(C(F)(F)F)c(F)c2N)C1CC. The van der Waals surface area contributed by atoms with Gasteiger partial charge in [-0.15, -0.1) is 0 Å². The summed E-state index contributed by atoms with van der Waals surface area (Å²) in [7, 11) is 0. The van der Waals surface area contributed by atoms with Crippen LogP contribution in [0.1, 0.15) is 55.6 Å². The number of hydrogen-bond donors (Lipinski definition) is 3. The molecule has 1 aromatic rings. The minimum absolute atomic E-state index is 0.189. The van der Waals surface area contributed by atoms with Crippen molar-refractivity contribution in [2.45, 2.75) is 51.7 Å². The van der Waals surface area contributed by atoms with E-state index in [1.807, 2.05) is 6.92 Å². The van der Waals surface area contributed by atoms with E-state index in [1.54, 1.807) is 6.92 Å². The number of nitrogens with zero attached hydrogens (tertiary/aromatic N) is 2. The van der Waals surface area contributed by atoms with Gasteiger partial charge >= 0.3 is 6.18 Å². The van der Waals surface area contributed by atoms with E-state index in [0.717, 1.165) is 6.42 Å². The van der Waals surface area contributed by atoms with E-state index >= 15 is 0 Å². The number of nitrogen functional groups attached to an aromatic ring is 1. The highest BCUT2D eigenvalue weighted by Gasteiger charge is 2.39. The van der Waals surface area contributed by atoms with Gasteiger partial charge in [0.2, 0.25) is 0 Å². The lowest BCUT2D eigenvalue weighted by atomic mass is 9.89. The van der Waals surface area contributed by atoms with Crippen molar-refractivity contribution < 1.29 is 22.4 Å². The van der Waals surface area contributed by atoms with Gasteiger partial charge < -0.3 is 21.8 Å². The topological polar surface area (TPSA) is 109 Å². The molecule has 1 amide bonds. The summed E-state index contributed by atoms with van der Waals surface area (Å²) in [6.07, 6.45) is -2.43. The minimum Gasteiger partial charge on any atom is -0.402 e. The van der Waals surface area contributed by atoms with Gasteiger partial charge in [0.15, 0.2) is 11.5 Å². The molecule has 0 radical (unpaired) electrons. The van der Waals surface area contributed by atoms with Gasteiger partial charge in [-0.3, -0.25) is 4.79 Å². The zero-order valence-electron chi connectivity index (χ0n) is 15.7. The van der Waals surface area contributed by atoms with Crippen LogP contribution in [0.15, 0.2) is 17.5 Å². The second-order valence-electron chi connectivity index (χ2n) is 6.59. The van der Waals surface area contributed by atoms with Crippen LogP contribution in [0.25, 0.3) is 0 Å². The summed E-state index contributed by atoms with van der Waals surface area (Å²) in [6.45, 7) is 3.90. The molecule has 0 saturated heterocycles. The number of nitrogens with two attached hydrogens (primary N) is 2. The van der Waals surface area contributed by atoms with Crippen molar-refractivity contribution in [3.05, 3.63) is 34.5 Å². The van der Waals surface area contributed by atoms with Crippen LogP contribution < -0.4 is 11.5 Å². The molecule has 6 nitrogen and oxygen atoms in total. The fourth-order valence-electron chi connectivity index (χ4n) is 3.37. The molecule has 28 heavy (non-hydrogen) atoms. The average molecular weight is 401 g/mol. The van der Waals surface area contributed by atoms with Gasteiger partial charge in [-0.05, 0) is 12.8 Å². The van der Waals surface area contributed by atoms with E-state index in [2.05, 4.69) is 4.98 Å². The molecule has 2 rings (SSSR count). The van der Waals surface area contributed by atoms with Gasteiger partial charge in [0.05, 0.1) is 17.3 Å². The second kappa shape index (κ2) is 8.15. The maximum absolute atomic E-state index is 14.1. The molecule has 1 aliphatic heterocycles. The Morgan fingerprint density at radius 2 is 2.00 bits per heavy atom. The molecule has 1 unspecified atom stereocenters. The first-order valence-corrected chi connectivity index (χ1v) is 8.92. The normalized spacial score (nSPS) is 17.8. The van der Waals surface area contributed by atoms with Crippen molar-refractivity contribution in [1.29, 1.82) is 5.41 Å². The monoisotopic (exact) mass is 401 g/mol. The first kappa shape index (κ1) is 21.6. The van der Waals surface area contributed by atoms with Gasteiger partial charge in [0.1, 0.15) is 0 Å². The van der Waals surface area contributed by atoms with Crippen LogP contribution in [0.4, 0.5) is 23.2 Å². The maximum Gasteiger partial charge on any atom is 0.436 e. The number of pyridine rings is 1. The Hall–Kier alpha value is -2.65. The van der Waals surface area contributed by atoms with Crippen LogP contribution >= 0.6 is 0 Å². The first-order valence-electron chi connectivity index (χ1n) is 8.92. The average Bonchev–Trinajstić information content (AvgIpc) is 2.62. The Labute approximate surface area is 160 Å². The fourth-order valence-corrected chi connectivity index (χ4v) is 3.37. The number of hydrogen-bond acceptors (Lipinski definition) is 5. The Kier molecular flexibility index (Phi) is 6.30. The van der Waals surface area contributed by atoms with E-state index in [0.29, 0.717) is 42.4 Å². The predicted octanol–water partition coefficient (Wildman–Crippen LogP) is 3.48. The number of aromatic nitrogens is 1. The number of amides is 1. The van der Waals surface area contributed by atoms with E-state index in [-0.39, 0.29) is 6.54 Å². The third kappa shape index (κ3) is 3.95. The number of rotatable bonds is 5. The summed E-state index contributed by atoms with van der Waals surface area (Å²) < 4.78 is 52.5. The molecule has 154 valence electrons. The van der Waals surface area contributed by atoms with E-state index < -0.39 is 40.9 Å². The van der Waals surface area contributed by atoms with Gasteiger partial charge in [-0.2, -0.15) is 13.2 Å². The Bertz CT molecular complexity index is 819. The second-order valence-corrected chi connectivity index (χ2v) is 6.59. The third-order valence-electron chi connectivity index (χ3n) is 4.71. The molecular weight excluding hydrogens is 378 g/mol. The van der Waals surface area contributed by atoms with E-state index in [1.165, 1.54) is 4.90 Å². The fraction of sp³-hybridized carbons (Fsp3) is 0.500. The summed E-state index contributed by atoms with van der Waals surface area (Å²) in [4.78, 5) is 17.4. The van der Waals surface area contributed by atoms with Gasteiger partial charge in [-0.25, -0.2) is 9.37 Å². The van der Waals surface area contributed by atoms with Crippen LogP contribution in [0.5, 0.6) is 0 Å². The molecular formula is C18H23F4N5O. The highest BCUT2D eigenvalue weighted by atomic mass is 19.4. The molecule has 2 heterocycles. The standard InChI is InChI=1S/C18H23F4N5O/c1-3-5-10(23)13-11(24)6-7-27(12(13)4-2)17(28)9-8-26-16(18(20,21)22)14(19)15(9)25/h8,12,23H,3-7,24H2,1-2H3,(H2,25,26). The van der Waals surface area contributed by atoms with Gasteiger partial charge in [0.25, 0.3) is 5.91 Å². The largest absolute Gasteiger partial charge is 0.436 e. The summed E-state index contributed by atoms with van der Waals surface area (Å²) in [6, 6.07) is -0.537. The maximum atomic E-state index is 14.1. The molecule has 0 aliphatic carbocycles. The number of nitrogens with one attached hydrogen (secondary N) is 1. The third-order valence-corrected chi connectivity index (χ3v) is 4.71. The van der Waals surface area contributed by atoms with Gasteiger partial charge in [0, 0.05) is 36.1 Å². The van der Waals surface area contributed by atoms with E-state index in [9.17, 15) is 22.4 Å². The highest BCUT2D eigenvalue weighted by molar-refractivity contribution is 6.03. The van der Waals surface area contributed by atoms with Crippen molar-refractivity contribution in [1.82, 2.24) is 9.88 Å². The molecule has 5 N–H and O–H groups in total. The molecule has 0 fully saturated rings. The van der Waals surface area contributed by atoms with Gasteiger partial charge in [-0.1, -0.05) is 20.3 Å². The quantitative estimate of drug-likeness (QED) is 0.518. The van der Waals surface area contributed by atoms with Crippen LogP contribution in [0.3, 0.4) is 0 Å². The van der Waals surface area contributed by atoms with Crippen molar-refractivity contribution in [2.75, 3.05) is 12.3 Å². The molecule has 1 aromatic heterocycles. The Morgan fingerprint density at radius 1 is 1.36 bits per heavy atom. The highest BCUT2D eigenvalue weighted by Crippen LogP contribution is 2.34. The summed E-state index contributed by atoms with van der Waals surface area (Å²) >= 11 is 0. The Morgan fingerprint density at radius 3 is 2.54 bits per heavy atom. The number of halogens is 4. The molecule has 1 aliphatic rings. The van der Waals surface area contributed by atoms with Crippen molar-refractivity contribution in [2.24, 2.45) is 5.73 Å². The minimum atomic E-state index is -5.02. The van der Waals surface area contributed by atoms with Crippen molar-refractivity contribution >= 4 is 17.3 Å². The zero-order chi connectivity index (χ0) is 21.2. The van der Waals surface area contributed by atoms with Crippen molar-refractivity contribution in [3.63, 3.8) is 0 Å². The van der Waals surface area contributed by atoms with Crippen LogP contribution in [0, 0.1) is 11.2 Å². The van der Waals surface area contributed by atoms with Crippen LogP contribution in [-0.2, 0) is 6.18 Å². The predicted molar refractivity (Wildman–Crippen MR) is 97.2 cm³/mol. The molecule has 10 heteroatoms. The number of carbonyl (C=O) groups is 1. The molecule has 0 aromatic carbocycles.